The van der Waals surface area contributed by atoms with Gasteiger partial charge in [0.1, 0.15) is 0 Å². The first-order valence-corrected chi connectivity index (χ1v) is 8.37. The van der Waals surface area contributed by atoms with E-state index in [1.807, 2.05) is 6.08 Å². The molecule has 2 rings (SSSR count). The number of aliphatic hydroxyl groups is 1. The molecule has 0 bridgehead atoms. The van der Waals surface area contributed by atoms with Gasteiger partial charge in [-0.15, -0.1) is 6.58 Å². The number of hydrogen-bond acceptors (Lipinski definition) is 3. The van der Waals surface area contributed by atoms with Crippen molar-refractivity contribution in [3.63, 3.8) is 0 Å². The average molecular weight is 308 g/mol. The summed E-state index contributed by atoms with van der Waals surface area (Å²) < 4.78 is 0. The molecular weight excluding hydrogens is 280 g/mol. The number of carbonyl (C=O) groups excluding carboxylic acids is 2. The third-order valence-corrected chi connectivity index (χ3v) is 4.64. The van der Waals surface area contributed by atoms with Crippen LogP contribution in [0.15, 0.2) is 12.7 Å². The highest BCUT2D eigenvalue weighted by Gasteiger charge is 2.44. The Morgan fingerprint density at radius 2 is 1.95 bits per heavy atom. The number of aliphatic hydroxyl groups excluding tert-OH is 1. The molecule has 2 fully saturated rings. The zero-order valence-electron chi connectivity index (χ0n) is 13.5. The van der Waals surface area contributed by atoms with E-state index < -0.39 is 6.10 Å². The third kappa shape index (κ3) is 4.57. The average Bonchev–Trinajstić information content (AvgIpc) is 3.21. The number of nitrogens with zero attached hydrogens (tertiary/aromatic N) is 1. The van der Waals surface area contributed by atoms with Crippen LogP contribution >= 0.6 is 0 Å². The normalized spacial score (nSPS) is 27.5. The smallest absolute Gasteiger partial charge is 0.226 e. The maximum Gasteiger partial charge on any atom is 0.226 e. The predicted octanol–water partition coefficient (Wildman–Crippen LogP) is 1.47. The van der Waals surface area contributed by atoms with E-state index in [4.69, 9.17) is 0 Å². The largest absolute Gasteiger partial charge is 0.393 e. The lowest BCUT2D eigenvalue weighted by Gasteiger charge is -2.24. The molecule has 0 heterocycles. The summed E-state index contributed by atoms with van der Waals surface area (Å²) in [6.07, 6.45) is 7.11. The first-order chi connectivity index (χ1) is 10.5. The molecule has 124 valence electrons. The fourth-order valence-electron chi connectivity index (χ4n) is 3.14. The van der Waals surface area contributed by atoms with Crippen molar-refractivity contribution in [2.75, 3.05) is 13.6 Å². The van der Waals surface area contributed by atoms with Crippen LogP contribution in [0.3, 0.4) is 0 Å². The topological polar surface area (TPSA) is 69.6 Å². The fraction of sp³-hybridized carbons (Fsp3) is 0.765. The molecule has 0 saturated heterocycles. The first kappa shape index (κ1) is 17.0. The first-order valence-electron chi connectivity index (χ1n) is 8.37. The Balaban J connectivity index is 1.87. The van der Waals surface area contributed by atoms with Crippen LogP contribution in [0.1, 0.15) is 44.9 Å². The zero-order valence-corrected chi connectivity index (χ0v) is 13.5. The van der Waals surface area contributed by atoms with Gasteiger partial charge in [-0.25, -0.2) is 0 Å². The zero-order chi connectivity index (χ0) is 16.1. The fourth-order valence-corrected chi connectivity index (χ4v) is 3.14. The van der Waals surface area contributed by atoms with Crippen LogP contribution < -0.4 is 5.32 Å². The Morgan fingerprint density at radius 3 is 2.59 bits per heavy atom. The molecule has 0 aliphatic heterocycles. The lowest BCUT2D eigenvalue weighted by molar-refractivity contribution is -0.139. The van der Waals surface area contributed by atoms with Crippen LogP contribution in [0.2, 0.25) is 0 Å². The van der Waals surface area contributed by atoms with Gasteiger partial charge in [-0.05, 0) is 44.9 Å². The molecule has 5 nitrogen and oxygen atoms in total. The van der Waals surface area contributed by atoms with Crippen LogP contribution in [0.4, 0.5) is 0 Å². The van der Waals surface area contributed by atoms with Crippen molar-refractivity contribution in [1.29, 1.82) is 0 Å². The molecule has 2 N–H and O–H groups in total. The van der Waals surface area contributed by atoms with Gasteiger partial charge in [-0.1, -0.05) is 6.08 Å². The van der Waals surface area contributed by atoms with E-state index in [1.54, 1.807) is 11.9 Å². The van der Waals surface area contributed by atoms with Crippen LogP contribution in [0.5, 0.6) is 0 Å². The van der Waals surface area contributed by atoms with E-state index in [0.29, 0.717) is 19.4 Å². The van der Waals surface area contributed by atoms with Crippen LogP contribution in [-0.2, 0) is 9.59 Å². The van der Waals surface area contributed by atoms with Crippen molar-refractivity contribution in [1.82, 2.24) is 10.2 Å². The molecular formula is C17H28N2O3. The molecule has 0 aromatic carbocycles. The molecule has 0 aromatic heterocycles. The molecule has 22 heavy (non-hydrogen) atoms. The predicted molar refractivity (Wildman–Crippen MR) is 85.1 cm³/mol. The maximum atomic E-state index is 12.6. The van der Waals surface area contributed by atoms with E-state index >= 15 is 0 Å². The number of amides is 2. The van der Waals surface area contributed by atoms with E-state index in [2.05, 4.69) is 11.9 Å². The third-order valence-electron chi connectivity index (χ3n) is 4.64. The van der Waals surface area contributed by atoms with Gasteiger partial charge in [0.25, 0.3) is 0 Å². The number of carbonyl (C=O) groups is 2. The Kier molecular flexibility index (Phi) is 6.00. The SMILES string of the molecule is C=CCCCCN(C)C(=O)[C@@H]1C[C@@H](O)C[C@H]1C(=O)NC1CC1. The minimum absolute atomic E-state index is 0.00824. The molecule has 0 unspecified atom stereocenters. The Labute approximate surface area is 132 Å². The molecule has 3 atom stereocenters. The number of rotatable bonds is 8. The summed E-state index contributed by atoms with van der Waals surface area (Å²) in [7, 11) is 1.79. The van der Waals surface area contributed by atoms with Gasteiger partial charge < -0.3 is 15.3 Å². The summed E-state index contributed by atoms with van der Waals surface area (Å²) in [6, 6.07) is 0.289. The molecule has 2 amide bonds. The minimum Gasteiger partial charge on any atom is -0.393 e. The van der Waals surface area contributed by atoms with Gasteiger partial charge in [0.2, 0.25) is 11.8 Å². The number of allylic oxidation sites excluding steroid dienone is 1. The minimum atomic E-state index is -0.543. The monoisotopic (exact) mass is 308 g/mol. The Hall–Kier alpha value is -1.36. The van der Waals surface area contributed by atoms with Crippen molar-refractivity contribution in [3.8, 4) is 0 Å². The van der Waals surface area contributed by atoms with Crippen LogP contribution in [0.25, 0.3) is 0 Å². The van der Waals surface area contributed by atoms with Gasteiger partial charge in [-0.3, -0.25) is 9.59 Å². The number of hydrogen-bond donors (Lipinski definition) is 2. The molecule has 5 heteroatoms. The lowest BCUT2D eigenvalue weighted by atomic mass is 9.93. The van der Waals surface area contributed by atoms with Gasteiger partial charge in [0.05, 0.1) is 17.9 Å². The highest BCUT2D eigenvalue weighted by Crippen LogP contribution is 2.34. The highest BCUT2D eigenvalue weighted by molar-refractivity contribution is 5.88. The van der Waals surface area contributed by atoms with Crippen molar-refractivity contribution in [2.45, 2.75) is 57.1 Å². The van der Waals surface area contributed by atoms with Crippen LogP contribution in [0, 0.1) is 11.8 Å². The van der Waals surface area contributed by atoms with E-state index in [1.165, 1.54) is 0 Å². The summed E-state index contributed by atoms with van der Waals surface area (Å²) in [4.78, 5) is 26.6. The van der Waals surface area contributed by atoms with E-state index in [9.17, 15) is 14.7 Å². The van der Waals surface area contributed by atoms with Crippen LogP contribution in [-0.4, -0.2) is 47.6 Å². The van der Waals surface area contributed by atoms with Crippen molar-refractivity contribution in [3.05, 3.63) is 12.7 Å². The second-order valence-corrected chi connectivity index (χ2v) is 6.67. The number of nitrogens with one attached hydrogen (secondary N) is 1. The summed E-state index contributed by atoms with van der Waals surface area (Å²) in [6.45, 7) is 4.38. The summed E-state index contributed by atoms with van der Waals surface area (Å²) >= 11 is 0. The van der Waals surface area contributed by atoms with Crippen molar-refractivity contribution >= 4 is 11.8 Å². The second-order valence-electron chi connectivity index (χ2n) is 6.67. The standard InChI is InChI=1S/C17H28N2O3/c1-3-4-5-6-9-19(2)17(22)15-11-13(20)10-14(15)16(21)18-12-7-8-12/h3,12-15,20H,1,4-11H2,2H3,(H,18,21)/t13-,14+,15+/m0/s1. The second kappa shape index (κ2) is 7.77. The summed E-state index contributed by atoms with van der Waals surface area (Å²) in [5, 5.41) is 12.9. The number of unbranched alkanes of at least 4 members (excludes halogenated alkanes) is 2. The van der Waals surface area contributed by atoms with Crippen molar-refractivity contribution < 1.29 is 14.7 Å². The van der Waals surface area contributed by atoms with Gasteiger partial charge >= 0.3 is 0 Å². The van der Waals surface area contributed by atoms with E-state index in [0.717, 1.165) is 32.1 Å². The Bertz CT molecular complexity index is 420. The molecule has 2 aliphatic carbocycles. The van der Waals surface area contributed by atoms with Gasteiger partial charge in [-0.2, -0.15) is 0 Å². The van der Waals surface area contributed by atoms with Crippen molar-refractivity contribution in [2.24, 2.45) is 11.8 Å². The highest BCUT2D eigenvalue weighted by atomic mass is 16.3. The summed E-state index contributed by atoms with van der Waals surface area (Å²) in [5.74, 6) is -0.819. The molecule has 0 aromatic rings. The molecule has 2 aliphatic rings. The Morgan fingerprint density at radius 1 is 1.27 bits per heavy atom. The maximum absolute atomic E-state index is 12.6. The summed E-state index contributed by atoms with van der Waals surface area (Å²) in [5.41, 5.74) is 0. The van der Waals surface area contributed by atoms with E-state index in [-0.39, 0.29) is 29.7 Å². The molecule has 0 radical (unpaired) electrons. The van der Waals surface area contributed by atoms with Gasteiger partial charge in [0, 0.05) is 19.6 Å². The molecule has 2 saturated carbocycles. The molecule has 0 spiro atoms. The quantitative estimate of drug-likeness (QED) is 0.527. The lowest BCUT2D eigenvalue weighted by Crippen LogP contribution is -2.41. The van der Waals surface area contributed by atoms with Gasteiger partial charge in [0.15, 0.2) is 0 Å².